The Morgan fingerprint density at radius 1 is 1.47 bits per heavy atom. The Hall–Kier alpha value is -1.13. The minimum Gasteiger partial charge on any atom is -0.481 e. The van der Waals surface area contributed by atoms with Gasteiger partial charge in [0.1, 0.15) is 0 Å². The summed E-state index contributed by atoms with van der Waals surface area (Å²) in [5.74, 6) is 0.613. The van der Waals surface area contributed by atoms with Gasteiger partial charge in [-0.2, -0.15) is 0 Å². The van der Waals surface area contributed by atoms with E-state index in [9.17, 15) is 5.11 Å². The maximum absolute atomic E-state index is 9.28. The van der Waals surface area contributed by atoms with Crippen LogP contribution < -0.4 is 10.1 Å². The summed E-state index contributed by atoms with van der Waals surface area (Å²) in [5.41, 5.74) is 1.07. The van der Waals surface area contributed by atoms with Crippen molar-refractivity contribution < 1.29 is 9.84 Å². The van der Waals surface area contributed by atoms with Crippen molar-refractivity contribution in [1.82, 2.24) is 10.3 Å². The van der Waals surface area contributed by atoms with Crippen LogP contribution in [0.15, 0.2) is 18.3 Å². The topological polar surface area (TPSA) is 54.4 Å². The quantitative estimate of drug-likeness (QED) is 0.759. The average molecular weight is 210 g/mol. The summed E-state index contributed by atoms with van der Waals surface area (Å²) in [6.07, 6.45) is 1.41. The average Bonchev–Trinajstić information content (AvgIpc) is 2.26. The Balaban J connectivity index is 2.44. The summed E-state index contributed by atoms with van der Waals surface area (Å²) < 4.78 is 4.96. The van der Waals surface area contributed by atoms with Gasteiger partial charge < -0.3 is 15.2 Å². The van der Waals surface area contributed by atoms with Gasteiger partial charge >= 0.3 is 0 Å². The minimum atomic E-state index is -0.351. The first-order valence-corrected chi connectivity index (χ1v) is 5.04. The van der Waals surface area contributed by atoms with Crippen molar-refractivity contribution in [3.63, 3.8) is 0 Å². The van der Waals surface area contributed by atoms with Gasteiger partial charge in [-0.15, -0.1) is 0 Å². The first-order valence-electron chi connectivity index (χ1n) is 5.04. The van der Waals surface area contributed by atoms with Crippen molar-refractivity contribution >= 4 is 0 Å². The molecule has 4 heteroatoms. The predicted molar refractivity (Wildman–Crippen MR) is 58.8 cm³/mol. The molecule has 0 saturated carbocycles. The van der Waals surface area contributed by atoms with E-state index >= 15 is 0 Å². The molecule has 2 atom stereocenters. The zero-order valence-electron chi connectivity index (χ0n) is 9.40. The Morgan fingerprint density at radius 2 is 2.20 bits per heavy atom. The van der Waals surface area contributed by atoms with Crippen molar-refractivity contribution in [2.45, 2.75) is 32.5 Å². The summed E-state index contributed by atoms with van der Waals surface area (Å²) in [5, 5.41) is 12.5. The first kappa shape index (κ1) is 11.9. The van der Waals surface area contributed by atoms with Gasteiger partial charge in [0.05, 0.1) is 13.2 Å². The molecule has 0 bridgehead atoms. The predicted octanol–water partition coefficient (Wildman–Crippen LogP) is 0.949. The third kappa shape index (κ3) is 3.85. The molecule has 0 aromatic carbocycles. The van der Waals surface area contributed by atoms with E-state index in [0.29, 0.717) is 12.4 Å². The van der Waals surface area contributed by atoms with E-state index in [1.807, 2.05) is 19.1 Å². The lowest BCUT2D eigenvalue weighted by Gasteiger charge is -2.16. The first-order chi connectivity index (χ1) is 7.13. The van der Waals surface area contributed by atoms with E-state index in [0.717, 1.165) is 5.56 Å². The van der Waals surface area contributed by atoms with Gasteiger partial charge in [-0.25, -0.2) is 4.98 Å². The smallest absolute Gasteiger partial charge is 0.212 e. The summed E-state index contributed by atoms with van der Waals surface area (Å²) in [7, 11) is 1.59. The van der Waals surface area contributed by atoms with Crippen LogP contribution in [0.1, 0.15) is 19.4 Å². The molecule has 0 aliphatic carbocycles. The van der Waals surface area contributed by atoms with Gasteiger partial charge in [0.2, 0.25) is 5.88 Å². The maximum atomic E-state index is 9.28. The summed E-state index contributed by atoms with van der Waals surface area (Å²) >= 11 is 0. The van der Waals surface area contributed by atoms with Gasteiger partial charge in [-0.1, -0.05) is 6.07 Å². The molecule has 0 spiro atoms. The Kier molecular flexibility index (Phi) is 4.52. The monoisotopic (exact) mass is 210 g/mol. The largest absolute Gasteiger partial charge is 0.481 e. The molecule has 4 nitrogen and oxygen atoms in total. The van der Waals surface area contributed by atoms with Crippen LogP contribution in [0.4, 0.5) is 0 Å². The van der Waals surface area contributed by atoms with E-state index in [1.165, 1.54) is 0 Å². The van der Waals surface area contributed by atoms with Crippen LogP contribution in [0.2, 0.25) is 0 Å². The molecule has 0 saturated heterocycles. The van der Waals surface area contributed by atoms with Crippen molar-refractivity contribution in [2.75, 3.05) is 7.11 Å². The molecule has 84 valence electrons. The molecule has 2 unspecified atom stereocenters. The maximum Gasteiger partial charge on any atom is 0.212 e. The summed E-state index contributed by atoms with van der Waals surface area (Å²) in [4.78, 5) is 4.10. The van der Waals surface area contributed by atoms with E-state index in [2.05, 4.69) is 10.3 Å². The number of aliphatic hydroxyl groups is 1. The molecule has 1 heterocycles. The molecule has 1 aromatic heterocycles. The number of nitrogens with zero attached hydrogens (tertiary/aromatic N) is 1. The third-order valence-electron chi connectivity index (χ3n) is 2.36. The van der Waals surface area contributed by atoms with E-state index in [1.54, 1.807) is 20.2 Å². The van der Waals surface area contributed by atoms with Crippen LogP contribution in [0.25, 0.3) is 0 Å². The normalized spacial score (nSPS) is 14.7. The second kappa shape index (κ2) is 5.68. The molecule has 0 fully saturated rings. The molecule has 1 aromatic rings. The molecule has 0 amide bonds. The SMILES string of the molecule is COc1ccc(CNC(C)C(C)O)cn1. The lowest BCUT2D eigenvalue weighted by molar-refractivity contribution is 0.152. The van der Waals surface area contributed by atoms with Gasteiger partial charge in [-0.05, 0) is 19.4 Å². The molecule has 0 radical (unpaired) electrons. The zero-order valence-corrected chi connectivity index (χ0v) is 9.40. The zero-order chi connectivity index (χ0) is 11.3. The number of nitrogens with one attached hydrogen (secondary N) is 1. The number of methoxy groups -OCH3 is 1. The van der Waals surface area contributed by atoms with E-state index < -0.39 is 0 Å². The molecular formula is C11H18N2O2. The van der Waals surface area contributed by atoms with Crippen molar-refractivity contribution in [3.8, 4) is 5.88 Å². The highest BCUT2D eigenvalue weighted by Crippen LogP contribution is 2.06. The third-order valence-corrected chi connectivity index (χ3v) is 2.36. The Bertz CT molecular complexity index is 285. The van der Waals surface area contributed by atoms with Crippen LogP contribution in [0, 0.1) is 0 Å². The van der Waals surface area contributed by atoms with Crippen molar-refractivity contribution in [2.24, 2.45) is 0 Å². The number of aromatic nitrogens is 1. The van der Waals surface area contributed by atoms with Gasteiger partial charge in [0.15, 0.2) is 0 Å². The van der Waals surface area contributed by atoms with Gasteiger partial charge in [0, 0.05) is 24.8 Å². The Morgan fingerprint density at radius 3 is 2.67 bits per heavy atom. The number of hydrogen-bond acceptors (Lipinski definition) is 4. The van der Waals surface area contributed by atoms with E-state index in [-0.39, 0.29) is 12.1 Å². The summed E-state index contributed by atoms with van der Waals surface area (Å²) in [6.45, 7) is 4.41. The van der Waals surface area contributed by atoms with Gasteiger partial charge in [0.25, 0.3) is 0 Å². The summed E-state index contributed by atoms with van der Waals surface area (Å²) in [6, 6.07) is 3.85. The second-order valence-corrected chi connectivity index (χ2v) is 3.62. The van der Waals surface area contributed by atoms with Crippen molar-refractivity contribution in [3.05, 3.63) is 23.9 Å². The number of rotatable bonds is 5. The molecule has 0 aliphatic rings. The van der Waals surface area contributed by atoms with Crippen LogP contribution in [-0.2, 0) is 6.54 Å². The van der Waals surface area contributed by atoms with Crippen LogP contribution in [0.5, 0.6) is 5.88 Å². The standard InChI is InChI=1S/C11H18N2O2/c1-8(9(2)14)12-6-10-4-5-11(15-3)13-7-10/h4-5,7-9,12,14H,6H2,1-3H3. The van der Waals surface area contributed by atoms with Crippen LogP contribution in [-0.4, -0.2) is 29.3 Å². The highest BCUT2D eigenvalue weighted by Gasteiger charge is 2.07. The van der Waals surface area contributed by atoms with Crippen molar-refractivity contribution in [1.29, 1.82) is 0 Å². The molecule has 0 aliphatic heterocycles. The fraction of sp³-hybridized carbons (Fsp3) is 0.545. The minimum absolute atomic E-state index is 0.0760. The fourth-order valence-corrected chi connectivity index (χ4v) is 1.09. The fourth-order valence-electron chi connectivity index (χ4n) is 1.09. The van der Waals surface area contributed by atoms with Crippen LogP contribution >= 0.6 is 0 Å². The molecular weight excluding hydrogens is 192 g/mol. The highest BCUT2D eigenvalue weighted by molar-refractivity contribution is 5.17. The van der Waals surface area contributed by atoms with E-state index in [4.69, 9.17) is 4.74 Å². The Labute approximate surface area is 90.3 Å². The lowest BCUT2D eigenvalue weighted by atomic mass is 10.2. The number of ether oxygens (including phenoxy) is 1. The number of pyridine rings is 1. The lowest BCUT2D eigenvalue weighted by Crippen LogP contribution is -2.34. The number of hydrogen-bond donors (Lipinski definition) is 2. The van der Waals surface area contributed by atoms with Gasteiger partial charge in [-0.3, -0.25) is 0 Å². The number of aliphatic hydroxyl groups excluding tert-OH is 1. The highest BCUT2D eigenvalue weighted by atomic mass is 16.5. The van der Waals surface area contributed by atoms with Crippen LogP contribution in [0.3, 0.4) is 0 Å². The molecule has 15 heavy (non-hydrogen) atoms. The second-order valence-electron chi connectivity index (χ2n) is 3.62. The molecule has 1 rings (SSSR count). The molecule has 2 N–H and O–H groups in total.